The molecule has 0 spiro atoms. The monoisotopic (exact) mass is 278 g/mol. The summed E-state index contributed by atoms with van der Waals surface area (Å²) in [6.45, 7) is 2.05. The van der Waals surface area contributed by atoms with Crippen LogP contribution in [0.1, 0.15) is 29.7 Å². The van der Waals surface area contributed by atoms with Gasteiger partial charge >= 0.3 is 0 Å². The highest BCUT2D eigenvalue weighted by atomic mass is 35.5. The number of aliphatic hydroxyl groups excluding tert-OH is 1. The first kappa shape index (κ1) is 14.0. The van der Waals surface area contributed by atoms with Gasteiger partial charge in [-0.25, -0.2) is 4.39 Å². The summed E-state index contributed by atoms with van der Waals surface area (Å²) in [5.41, 5.74) is 2.78. The first-order chi connectivity index (χ1) is 9.11. The van der Waals surface area contributed by atoms with Gasteiger partial charge in [0.25, 0.3) is 0 Å². The minimum absolute atomic E-state index is 0.355. The Morgan fingerprint density at radius 1 is 1.16 bits per heavy atom. The number of halogens is 2. The molecule has 0 aliphatic carbocycles. The van der Waals surface area contributed by atoms with Gasteiger partial charge in [-0.15, -0.1) is 0 Å². The molecule has 2 aromatic carbocycles. The Hall–Kier alpha value is -1.38. The van der Waals surface area contributed by atoms with E-state index in [0.29, 0.717) is 11.4 Å². The zero-order valence-corrected chi connectivity index (χ0v) is 11.5. The Kier molecular flexibility index (Phi) is 4.56. The fraction of sp³-hybridized carbons (Fsp3) is 0.250. The lowest BCUT2D eigenvalue weighted by Gasteiger charge is -2.15. The van der Waals surface area contributed by atoms with Crippen molar-refractivity contribution in [1.29, 1.82) is 0 Å². The number of benzene rings is 2. The lowest BCUT2D eigenvalue weighted by molar-refractivity contribution is 0.177. The fourth-order valence-corrected chi connectivity index (χ4v) is 2.43. The largest absolute Gasteiger partial charge is 0.388 e. The molecule has 1 unspecified atom stereocenters. The minimum atomic E-state index is -0.626. The molecule has 0 aromatic heterocycles. The first-order valence-electron chi connectivity index (χ1n) is 6.31. The summed E-state index contributed by atoms with van der Waals surface area (Å²) in [5, 5.41) is 10.7. The van der Waals surface area contributed by atoms with Gasteiger partial charge in [0.1, 0.15) is 5.82 Å². The normalized spacial score (nSPS) is 12.4. The zero-order valence-electron chi connectivity index (χ0n) is 10.7. The van der Waals surface area contributed by atoms with Crippen LogP contribution in [0.4, 0.5) is 4.39 Å². The Morgan fingerprint density at radius 3 is 2.58 bits per heavy atom. The predicted octanol–water partition coefficient (Wildman–Crippen LogP) is 4.32. The molecule has 0 heterocycles. The fourth-order valence-electron chi connectivity index (χ4n) is 2.19. The van der Waals surface area contributed by atoms with Gasteiger partial charge in [0, 0.05) is 11.4 Å². The van der Waals surface area contributed by atoms with Crippen LogP contribution in [0.15, 0.2) is 42.5 Å². The van der Waals surface area contributed by atoms with Crippen molar-refractivity contribution in [2.24, 2.45) is 0 Å². The summed E-state index contributed by atoms with van der Waals surface area (Å²) < 4.78 is 13.0. The number of aliphatic hydroxyl groups is 1. The van der Waals surface area contributed by atoms with E-state index in [1.807, 2.05) is 24.3 Å². The molecular formula is C16H16ClFO. The van der Waals surface area contributed by atoms with Gasteiger partial charge < -0.3 is 5.11 Å². The van der Waals surface area contributed by atoms with Crippen molar-refractivity contribution in [3.05, 3.63) is 70.0 Å². The maximum absolute atomic E-state index is 13.0. The molecule has 1 N–H and O–H groups in total. The smallest absolute Gasteiger partial charge is 0.124 e. The van der Waals surface area contributed by atoms with Crippen molar-refractivity contribution in [3.8, 4) is 0 Å². The quantitative estimate of drug-likeness (QED) is 0.883. The molecule has 0 aliphatic rings. The van der Waals surface area contributed by atoms with Crippen molar-refractivity contribution < 1.29 is 9.50 Å². The van der Waals surface area contributed by atoms with Crippen molar-refractivity contribution in [1.82, 2.24) is 0 Å². The lowest BCUT2D eigenvalue weighted by atomic mass is 9.96. The van der Waals surface area contributed by atoms with E-state index in [1.54, 1.807) is 6.07 Å². The molecule has 1 atom stereocenters. The van der Waals surface area contributed by atoms with E-state index in [1.165, 1.54) is 12.1 Å². The van der Waals surface area contributed by atoms with E-state index in [0.717, 1.165) is 23.1 Å². The molecule has 0 radical (unpaired) electrons. The van der Waals surface area contributed by atoms with Gasteiger partial charge in [-0.3, -0.25) is 0 Å². The third kappa shape index (κ3) is 3.34. The Bertz CT molecular complexity index is 568. The van der Waals surface area contributed by atoms with E-state index in [4.69, 9.17) is 11.6 Å². The van der Waals surface area contributed by atoms with Crippen molar-refractivity contribution in [2.45, 2.75) is 25.9 Å². The van der Waals surface area contributed by atoms with Crippen LogP contribution in [0.2, 0.25) is 5.02 Å². The minimum Gasteiger partial charge on any atom is -0.388 e. The van der Waals surface area contributed by atoms with Gasteiger partial charge in [-0.05, 0) is 35.2 Å². The Balaban J connectivity index is 2.23. The maximum atomic E-state index is 13.0. The van der Waals surface area contributed by atoms with E-state index in [9.17, 15) is 9.50 Å². The topological polar surface area (TPSA) is 20.2 Å². The highest BCUT2D eigenvalue weighted by Crippen LogP contribution is 2.26. The molecule has 0 fully saturated rings. The Labute approximate surface area is 117 Å². The number of hydrogen-bond donors (Lipinski definition) is 1. The lowest BCUT2D eigenvalue weighted by Crippen LogP contribution is -2.05. The van der Waals surface area contributed by atoms with E-state index < -0.39 is 6.10 Å². The van der Waals surface area contributed by atoms with E-state index in [2.05, 4.69) is 6.92 Å². The van der Waals surface area contributed by atoms with Crippen molar-refractivity contribution >= 4 is 11.6 Å². The highest BCUT2D eigenvalue weighted by molar-refractivity contribution is 6.31. The summed E-state index contributed by atoms with van der Waals surface area (Å²) in [6, 6.07) is 12.0. The summed E-state index contributed by atoms with van der Waals surface area (Å²) in [7, 11) is 0. The van der Waals surface area contributed by atoms with Crippen molar-refractivity contribution in [2.75, 3.05) is 0 Å². The van der Waals surface area contributed by atoms with Gasteiger partial charge in [0.15, 0.2) is 0 Å². The summed E-state index contributed by atoms with van der Waals surface area (Å²) in [6.07, 6.45) is 0.625. The van der Waals surface area contributed by atoms with Gasteiger partial charge in [0.2, 0.25) is 0 Å². The zero-order chi connectivity index (χ0) is 13.8. The van der Waals surface area contributed by atoms with Crippen LogP contribution in [0, 0.1) is 5.82 Å². The van der Waals surface area contributed by atoms with Crippen LogP contribution in [0.3, 0.4) is 0 Å². The molecule has 2 rings (SSSR count). The summed E-state index contributed by atoms with van der Waals surface area (Å²) in [4.78, 5) is 0. The van der Waals surface area contributed by atoms with E-state index in [-0.39, 0.29) is 5.82 Å². The standard InChI is InChI=1S/C16H16ClFO/c1-2-11-5-3-4-6-14(11)16(19)9-12-7-8-13(18)10-15(12)17/h3-8,10,16,19H,2,9H2,1H3. The second-order valence-corrected chi connectivity index (χ2v) is 4.92. The van der Waals surface area contributed by atoms with Gasteiger partial charge in [0.05, 0.1) is 6.10 Å². The molecule has 100 valence electrons. The van der Waals surface area contributed by atoms with Crippen LogP contribution in [0.25, 0.3) is 0 Å². The maximum Gasteiger partial charge on any atom is 0.124 e. The molecule has 0 amide bonds. The molecule has 2 aromatic rings. The third-order valence-corrected chi connectivity index (χ3v) is 3.58. The van der Waals surface area contributed by atoms with Crippen LogP contribution < -0.4 is 0 Å². The van der Waals surface area contributed by atoms with Crippen LogP contribution >= 0.6 is 11.6 Å². The number of rotatable bonds is 4. The summed E-state index contributed by atoms with van der Waals surface area (Å²) in [5.74, 6) is -0.364. The van der Waals surface area contributed by atoms with Crippen LogP contribution in [0.5, 0.6) is 0 Å². The summed E-state index contributed by atoms with van der Waals surface area (Å²) >= 11 is 5.98. The molecule has 0 bridgehead atoms. The second kappa shape index (κ2) is 6.18. The van der Waals surface area contributed by atoms with Gasteiger partial charge in [-0.1, -0.05) is 48.9 Å². The van der Waals surface area contributed by atoms with Crippen LogP contribution in [-0.2, 0) is 12.8 Å². The Morgan fingerprint density at radius 2 is 1.89 bits per heavy atom. The average molecular weight is 279 g/mol. The highest BCUT2D eigenvalue weighted by Gasteiger charge is 2.13. The number of hydrogen-bond acceptors (Lipinski definition) is 1. The molecule has 0 saturated carbocycles. The first-order valence-corrected chi connectivity index (χ1v) is 6.69. The third-order valence-electron chi connectivity index (χ3n) is 3.22. The molecule has 1 nitrogen and oxygen atoms in total. The molecular weight excluding hydrogens is 263 g/mol. The average Bonchev–Trinajstić information content (AvgIpc) is 2.41. The predicted molar refractivity (Wildman–Crippen MR) is 75.9 cm³/mol. The SMILES string of the molecule is CCc1ccccc1C(O)Cc1ccc(F)cc1Cl. The van der Waals surface area contributed by atoms with Crippen LogP contribution in [-0.4, -0.2) is 5.11 Å². The molecule has 19 heavy (non-hydrogen) atoms. The molecule has 3 heteroatoms. The molecule has 0 saturated heterocycles. The molecule has 0 aliphatic heterocycles. The number of aryl methyl sites for hydroxylation is 1. The second-order valence-electron chi connectivity index (χ2n) is 4.51. The van der Waals surface area contributed by atoms with Gasteiger partial charge in [-0.2, -0.15) is 0 Å². The van der Waals surface area contributed by atoms with Crippen molar-refractivity contribution in [3.63, 3.8) is 0 Å². The van der Waals surface area contributed by atoms with E-state index >= 15 is 0 Å².